The van der Waals surface area contributed by atoms with Gasteiger partial charge in [-0.2, -0.15) is 4.98 Å². The van der Waals surface area contributed by atoms with Crippen molar-refractivity contribution < 1.29 is 13.3 Å². The molecule has 0 aliphatic heterocycles. The Labute approximate surface area is 132 Å². The Balaban J connectivity index is 0.00000144. The van der Waals surface area contributed by atoms with Crippen molar-refractivity contribution in [3.05, 3.63) is 47.6 Å². The summed E-state index contributed by atoms with van der Waals surface area (Å²) in [5.41, 5.74) is 7.15. The number of aromatic nitrogens is 2. The van der Waals surface area contributed by atoms with Crippen LogP contribution in [0.5, 0.6) is 0 Å². The zero-order valence-electron chi connectivity index (χ0n) is 11.7. The predicted octanol–water partition coefficient (Wildman–Crippen LogP) is 3.31. The van der Waals surface area contributed by atoms with Gasteiger partial charge < -0.3 is 14.7 Å². The molecule has 0 bridgehead atoms. The molecule has 1 fully saturated rings. The average molecular weight is 324 g/mol. The fourth-order valence-corrected chi connectivity index (χ4v) is 2.67. The van der Waals surface area contributed by atoms with Gasteiger partial charge in [0.2, 0.25) is 5.89 Å². The van der Waals surface area contributed by atoms with E-state index in [0.717, 1.165) is 30.2 Å². The number of halogens is 2. The summed E-state index contributed by atoms with van der Waals surface area (Å²) in [6.07, 6.45) is 4.91. The molecule has 1 aliphatic rings. The number of nitrogens with zero attached hydrogens (tertiary/aromatic N) is 2. The maximum Gasteiger partial charge on any atom is 0.231 e. The van der Waals surface area contributed by atoms with E-state index in [2.05, 4.69) is 10.1 Å². The summed E-state index contributed by atoms with van der Waals surface area (Å²) in [7, 11) is 0. The molecule has 0 amide bonds. The van der Waals surface area contributed by atoms with Gasteiger partial charge in [0.25, 0.3) is 0 Å². The van der Waals surface area contributed by atoms with Crippen LogP contribution in [0.15, 0.2) is 33.4 Å². The fourth-order valence-electron chi connectivity index (χ4n) is 2.67. The lowest BCUT2D eigenvalue weighted by Gasteiger charge is -2.34. The van der Waals surface area contributed by atoms with Gasteiger partial charge in [-0.1, -0.05) is 5.16 Å². The van der Waals surface area contributed by atoms with E-state index in [0.29, 0.717) is 23.7 Å². The Morgan fingerprint density at radius 1 is 1.32 bits per heavy atom. The quantitative estimate of drug-likeness (QED) is 0.800. The zero-order chi connectivity index (χ0) is 14.4. The topological polar surface area (TPSA) is 78.1 Å². The molecular weight excluding hydrogens is 309 g/mol. The smallest absolute Gasteiger partial charge is 0.231 e. The lowest BCUT2D eigenvalue weighted by molar-refractivity contribution is 0.229. The normalized spacial score (nSPS) is 16.3. The molecule has 0 saturated heterocycles. The van der Waals surface area contributed by atoms with Crippen molar-refractivity contribution in [3.8, 4) is 0 Å². The molecule has 116 valence electrons. The van der Waals surface area contributed by atoms with Gasteiger partial charge in [0.15, 0.2) is 5.82 Å². The molecule has 0 radical (unpaired) electrons. The molecule has 0 atom stereocenters. The van der Waals surface area contributed by atoms with Crippen LogP contribution < -0.4 is 5.73 Å². The second kappa shape index (κ2) is 5.37. The molecule has 1 aliphatic carbocycles. The van der Waals surface area contributed by atoms with Gasteiger partial charge in [-0.3, -0.25) is 0 Å². The van der Waals surface area contributed by atoms with Crippen LogP contribution in [0.4, 0.5) is 4.39 Å². The third kappa shape index (κ3) is 2.38. The molecular formula is C15H15ClFN3O2. The van der Waals surface area contributed by atoms with E-state index in [1.54, 1.807) is 12.3 Å². The Hall–Kier alpha value is -1.92. The molecule has 7 heteroatoms. The molecule has 0 unspecified atom stereocenters. The first-order valence-electron chi connectivity index (χ1n) is 6.92. The molecule has 22 heavy (non-hydrogen) atoms. The third-order valence-electron chi connectivity index (χ3n) is 4.12. The highest BCUT2D eigenvalue weighted by molar-refractivity contribution is 5.85. The van der Waals surface area contributed by atoms with Crippen LogP contribution in [-0.2, 0) is 12.0 Å². The minimum Gasteiger partial charge on any atom is -0.464 e. The predicted molar refractivity (Wildman–Crippen MR) is 80.2 cm³/mol. The number of furan rings is 1. The van der Waals surface area contributed by atoms with E-state index in [9.17, 15) is 4.39 Å². The van der Waals surface area contributed by atoms with Crippen LogP contribution in [0, 0.1) is 5.82 Å². The Morgan fingerprint density at radius 3 is 2.86 bits per heavy atom. The van der Waals surface area contributed by atoms with E-state index in [1.165, 1.54) is 12.1 Å². The SMILES string of the molecule is Cl.NC1(c2noc(Cc3coc4cc(F)ccc34)n2)CCC1. The Morgan fingerprint density at radius 2 is 2.14 bits per heavy atom. The molecule has 2 N–H and O–H groups in total. The Bertz CT molecular complexity index is 810. The van der Waals surface area contributed by atoms with Gasteiger partial charge in [0.05, 0.1) is 18.2 Å². The summed E-state index contributed by atoms with van der Waals surface area (Å²) < 4.78 is 23.8. The molecule has 4 rings (SSSR count). The summed E-state index contributed by atoms with van der Waals surface area (Å²) in [4.78, 5) is 4.38. The minimum absolute atomic E-state index is 0. The molecule has 3 aromatic rings. The van der Waals surface area contributed by atoms with Crippen LogP contribution in [0.3, 0.4) is 0 Å². The number of hydrogen-bond donors (Lipinski definition) is 1. The van der Waals surface area contributed by atoms with E-state index >= 15 is 0 Å². The van der Waals surface area contributed by atoms with Gasteiger partial charge in [0, 0.05) is 17.0 Å². The van der Waals surface area contributed by atoms with Crippen molar-refractivity contribution >= 4 is 23.4 Å². The standard InChI is InChI=1S/C15H14FN3O2.ClH/c16-10-2-3-11-9(8-20-12(11)7-10)6-13-18-14(19-21-13)15(17)4-1-5-15;/h2-3,7-8H,1,4-6,17H2;1H. The first kappa shape index (κ1) is 15.0. The number of rotatable bonds is 3. The van der Waals surface area contributed by atoms with Crippen molar-refractivity contribution in [2.24, 2.45) is 5.73 Å². The maximum absolute atomic E-state index is 13.1. The largest absolute Gasteiger partial charge is 0.464 e. The van der Waals surface area contributed by atoms with Crippen LogP contribution in [-0.4, -0.2) is 10.1 Å². The number of fused-ring (bicyclic) bond motifs is 1. The van der Waals surface area contributed by atoms with Gasteiger partial charge in [0.1, 0.15) is 11.4 Å². The monoisotopic (exact) mass is 323 g/mol. The number of hydrogen-bond acceptors (Lipinski definition) is 5. The van der Waals surface area contributed by atoms with E-state index < -0.39 is 5.54 Å². The number of nitrogens with two attached hydrogens (primary N) is 1. The van der Waals surface area contributed by atoms with Crippen LogP contribution in [0.2, 0.25) is 0 Å². The molecule has 1 saturated carbocycles. The minimum atomic E-state index is -0.427. The summed E-state index contributed by atoms with van der Waals surface area (Å²) in [5.74, 6) is 0.745. The van der Waals surface area contributed by atoms with Crippen molar-refractivity contribution in [3.63, 3.8) is 0 Å². The Kier molecular flexibility index (Phi) is 3.66. The van der Waals surface area contributed by atoms with E-state index in [-0.39, 0.29) is 18.2 Å². The van der Waals surface area contributed by atoms with Crippen LogP contribution in [0.1, 0.15) is 36.5 Å². The maximum atomic E-state index is 13.1. The first-order valence-corrected chi connectivity index (χ1v) is 6.92. The van der Waals surface area contributed by atoms with E-state index in [1.807, 2.05) is 0 Å². The van der Waals surface area contributed by atoms with Crippen molar-refractivity contribution in [2.75, 3.05) is 0 Å². The second-order valence-electron chi connectivity index (χ2n) is 5.60. The zero-order valence-corrected chi connectivity index (χ0v) is 12.5. The van der Waals surface area contributed by atoms with Crippen LogP contribution >= 0.6 is 12.4 Å². The van der Waals surface area contributed by atoms with Crippen LogP contribution in [0.25, 0.3) is 11.0 Å². The molecule has 2 heterocycles. The summed E-state index contributed by atoms with van der Waals surface area (Å²) in [6, 6.07) is 4.46. The highest BCUT2D eigenvalue weighted by Gasteiger charge is 2.38. The van der Waals surface area contributed by atoms with Crippen molar-refractivity contribution in [2.45, 2.75) is 31.2 Å². The summed E-state index contributed by atoms with van der Waals surface area (Å²) in [6.45, 7) is 0. The first-order chi connectivity index (χ1) is 10.1. The molecule has 0 spiro atoms. The average Bonchev–Trinajstić information content (AvgIpc) is 3.04. The lowest BCUT2D eigenvalue weighted by atomic mass is 9.77. The van der Waals surface area contributed by atoms with Gasteiger partial charge >= 0.3 is 0 Å². The molecule has 5 nitrogen and oxygen atoms in total. The van der Waals surface area contributed by atoms with Gasteiger partial charge in [-0.05, 0) is 31.4 Å². The second-order valence-corrected chi connectivity index (χ2v) is 5.60. The highest BCUT2D eigenvalue weighted by atomic mass is 35.5. The number of benzene rings is 1. The fraction of sp³-hybridized carbons (Fsp3) is 0.333. The molecule has 1 aromatic carbocycles. The summed E-state index contributed by atoms with van der Waals surface area (Å²) in [5, 5.41) is 4.83. The van der Waals surface area contributed by atoms with E-state index in [4.69, 9.17) is 14.7 Å². The molecule has 2 aromatic heterocycles. The van der Waals surface area contributed by atoms with Crippen molar-refractivity contribution in [1.29, 1.82) is 0 Å². The van der Waals surface area contributed by atoms with Gasteiger partial charge in [-0.15, -0.1) is 12.4 Å². The lowest BCUT2D eigenvalue weighted by Crippen LogP contribution is -2.44. The summed E-state index contributed by atoms with van der Waals surface area (Å²) >= 11 is 0. The third-order valence-corrected chi connectivity index (χ3v) is 4.12. The highest BCUT2D eigenvalue weighted by Crippen LogP contribution is 2.37. The van der Waals surface area contributed by atoms with Gasteiger partial charge in [-0.25, -0.2) is 4.39 Å². The van der Waals surface area contributed by atoms with Crippen molar-refractivity contribution in [1.82, 2.24) is 10.1 Å².